The molecule has 1 saturated carbocycles. The van der Waals surface area contributed by atoms with E-state index in [0.717, 1.165) is 31.1 Å². The summed E-state index contributed by atoms with van der Waals surface area (Å²) in [5.41, 5.74) is 5.07. The van der Waals surface area contributed by atoms with E-state index in [9.17, 15) is 0 Å². The van der Waals surface area contributed by atoms with Crippen LogP contribution in [0.25, 0.3) is 0 Å². The summed E-state index contributed by atoms with van der Waals surface area (Å²) < 4.78 is 6.06. The molecule has 0 bridgehead atoms. The normalized spacial score (nSPS) is 22.8. The fourth-order valence-electron chi connectivity index (χ4n) is 3.38. The van der Waals surface area contributed by atoms with Gasteiger partial charge in [0.2, 0.25) is 0 Å². The molecule has 1 fully saturated rings. The zero-order valence-electron chi connectivity index (χ0n) is 11.8. The molecule has 2 aliphatic heterocycles. The molecule has 106 valence electrons. The Balaban J connectivity index is 1.54. The van der Waals surface area contributed by atoms with Crippen LogP contribution in [0, 0.1) is 0 Å². The molecule has 5 rings (SSSR count). The van der Waals surface area contributed by atoms with Crippen molar-refractivity contribution in [3.05, 3.63) is 52.6 Å². The van der Waals surface area contributed by atoms with Crippen molar-refractivity contribution >= 4 is 0 Å². The van der Waals surface area contributed by atoms with Gasteiger partial charge in [0.05, 0.1) is 11.4 Å². The van der Waals surface area contributed by atoms with Gasteiger partial charge in [-0.1, -0.05) is 18.2 Å². The van der Waals surface area contributed by atoms with Gasteiger partial charge in [-0.15, -0.1) is 0 Å². The van der Waals surface area contributed by atoms with Crippen molar-refractivity contribution in [2.24, 2.45) is 0 Å². The van der Waals surface area contributed by atoms with Gasteiger partial charge in [0.1, 0.15) is 5.75 Å². The third-order valence-corrected chi connectivity index (χ3v) is 4.64. The molecule has 2 aromatic rings. The molecule has 1 N–H and O–H groups in total. The van der Waals surface area contributed by atoms with E-state index in [4.69, 9.17) is 14.7 Å². The highest BCUT2D eigenvalue weighted by Gasteiger charge is 2.34. The second kappa shape index (κ2) is 4.28. The van der Waals surface area contributed by atoms with E-state index in [0.29, 0.717) is 5.92 Å². The number of fused-ring (bicyclic) bond motifs is 2. The number of rotatable bonds is 2. The highest BCUT2D eigenvalue weighted by atomic mass is 16.5. The first-order valence-electron chi connectivity index (χ1n) is 7.73. The lowest BCUT2D eigenvalue weighted by Gasteiger charge is -2.13. The first kappa shape index (κ1) is 11.7. The fourth-order valence-corrected chi connectivity index (χ4v) is 3.38. The van der Waals surface area contributed by atoms with E-state index in [2.05, 4.69) is 17.4 Å². The van der Waals surface area contributed by atoms with Crippen LogP contribution in [0.4, 0.5) is 0 Å². The zero-order chi connectivity index (χ0) is 13.8. The quantitative estimate of drug-likeness (QED) is 0.918. The highest BCUT2D eigenvalue weighted by molar-refractivity contribution is 5.39. The Morgan fingerprint density at radius 2 is 2.00 bits per heavy atom. The molecule has 4 heteroatoms. The Hall–Kier alpha value is -1.94. The summed E-state index contributed by atoms with van der Waals surface area (Å²) in [6, 6.07) is 8.25. The molecule has 4 nitrogen and oxygen atoms in total. The molecule has 3 heterocycles. The first-order chi connectivity index (χ1) is 10.4. The van der Waals surface area contributed by atoms with E-state index in [1.54, 1.807) is 0 Å². The predicted octanol–water partition coefficient (Wildman–Crippen LogP) is 2.63. The number of para-hydroxylation sites is 1. The minimum Gasteiger partial charge on any atom is -0.482 e. The maximum atomic E-state index is 6.06. The van der Waals surface area contributed by atoms with Gasteiger partial charge in [-0.3, -0.25) is 0 Å². The minimum absolute atomic E-state index is 0.0224. The Morgan fingerprint density at radius 1 is 1.10 bits per heavy atom. The molecule has 1 aliphatic carbocycles. The van der Waals surface area contributed by atoms with Crippen LogP contribution in [0.1, 0.15) is 53.2 Å². The summed E-state index contributed by atoms with van der Waals surface area (Å²) in [4.78, 5) is 9.69. The molecule has 1 unspecified atom stereocenters. The molecule has 0 amide bonds. The summed E-state index contributed by atoms with van der Waals surface area (Å²) >= 11 is 0. The fraction of sp³-hybridized carbons (Fsp3) is 0.412. The molecular weight excluding hydrogens is 262 g/mol. The summed E-state index contributed by atoms with van der Waals surface area (Å²) in [7, 11) is 0. The smallest absolute Gasteiger partial charge is 0.170 e. The minimum atomic E-state index is -0.0224. The Kier molecular flexibility index (Phi) is 2.38. The third-order valence-electron chi connectivity index (χ3n) is 4.64. The van der Waals surface area contributed by atoms with Crippen LogP contribution >= 0.6 is 0 Å². The van der Waals surface area contributed by atoms with Crippen LogP contribution in [0.5, 0.6) is 5.75 Å². The standard InChI is InChI=1S/C17H17N3O/c1-2-4-14-11(3-1)7-15(21-14)17-19-13-9-18-8-12(13)16(20-17)10-5-6-10/h1-4,10,15,18H,5-9H2. The van der Waals surface area contributed by atoms with Crippen LogP contribution in [-0.2, 0) is 19.5 Å². The second-order valence-electron chi connectivity index (χ2n) is 6.19. The largest absolute Gasteiger partial charge is 0.482 e. The van der Waals surface area contributed by atoms with Gasteiger partial charge in [0.25, 0.3) is 0 Å². The average Bonchev–Trinajstić information content (AvgIpc) is 3.09. The number of hydrogen-bond acceptors (Lipinski definition) is 4. The maximum absolute atomic E-state index is 6.06. The molecule has 21 heavy (non-hydrogen) atoms. The van der Waals surface area contributed by atoms with Crippen LogP contribution in [0.15, 0.2) is 24.3 Å². The molecule has 1 aromatic heterocycles. The van der Waals surface area contributed by atoms with Crippen molar-refractivity contribution in [3.63, 3.8) is 0 Å². The van der Waals surface area contributed by atoms with Crippen molar-refractivity contribution < 1.29 is 4.74 Å². The lowest BCUT2D eigenvalue weighted by molar-refractivity contribution is 0.226. The van der Waals surface area contributed by atoms with Gasteiger partial charge < -0.3 is 10.1 Å². The third kappa shape index (κ3) is 1.86. The Labute approximate surface area is 123 Å². The van der Waals surface area contributed by atoms with Gasteiger partial charge >= 0.3 is 0 Å². The van der Waals surface area contributed by atoms with Crippen LogP contribution < -0.4 is 10.1 Å². The van der Waals surface area contributed by atoms with E-state index >= 15 is 0 Å². The van der Waals surface area contributed by atoms with E-state index in [1.165, 1.54) is 35.4 Å². The van der Waals surface area contributed by atoms with E-state index in [-0.39, 0.29) is 6.10 Å². The number of hydrogen-bond donors (Lipinski definition) is 1. The monoisotopic (exact) mass is 279 g/mol. The van der Waals surface area contributed by atoms with Crippen LogP contribution in [0.2, 0.25) is 0 Å². The topological polar surface area (TPSA) is 47.0 Å². The first-order valence-corrected chi connectivity index (χ1v) is 7.73. The highest BCUT2D eigenvalue weighted by Crippen LogP contribution is 2.43. The van der Waals surface area contributed by atoms with Gasteiger partial charge in [-0.05, 0) is 24.5 Å². The van der Waals surface area contributed by atoms with Crippen molar-refractivity contribution in [2.75, 3.05) is 0 Å². The number of nitrogens with zero attached hydrogens (tertiary/aromatic N) is 2. The molecule has 0 saturated heterocycles. The Bertz CT molecular complexity index is 699. The maximum Gasteiger partial charge on any atom is 0.170 e. The van der Waals surface area contributed by atoms with Crippen LogP contribution in [-0.4, -0.2) is 9.97 Å². The Morgan fingerprint density at radius 3 is 2.86 bits per heavy atom. The van der Waals surface area contributed by atoms with Gasteiger partial charge in [-0.25, -0.2) is 9.97 Å². The molecule has 0 spiro atoms. The molecule has 3 aliphatic rings. The lowest BCUT2D eigenvalue weighted by Crippen LogP contribution is -2.13. The zero-order valence-corrected chi connectivity index (χ0v) is 11.8. The van der Waals surface area contributed by atoms with Crippen molar-refractivity contribution in [1.82, 2.24) is 15.3 Å². The van der Waals surface area contributed by atoms with E-state index < -0.39 is 0 Å². The summed E-state index contributed by atoms with van der Waals surface area (Å²) in [6.07, 6.45) is 3.40. The molecule has 1 aromatic carbocycles. The molecule has 0 radical (unpaired) electrons. The second-order valence-corrected chi connectivity index (χ2v) is 6.19. The van der Waals surface area contributed by atoms with Crippen LogP contribution in [0.3, 0.4) is 0 Å². The van der Waals surface area contributed by atoms with E-state index in [1.807, 2.05) is 12.1 Å². The summed E-state index contributed by atoms with van der Waals surface area (Å²) in [5, 5.41) is 3.40. The average molecular weight is 279 g/mol. The molecular formula is C17H17N3O. The van der Waals surface area contributed by atoms with Gasteiger partial charge in [0, 0.05) is 31.0 Å². The number of nitrogens with one attached hydrogen (secondary N) is 1. The number of benzene rings is 1. The predicted molar refractivity (Wildman–Crippen MR) is 78.1 cm³/mol. The van der Waals surface area contributed by atoms with Crippen molar-refractivity contribution in [2.45, 2.75) is 44.4 Å². The van der Waals surface area contributed by atoms with Crippen molar-refractivity contribution in [1.29, 1.82) is 0 Å². The van der Waals surface area contributed by atoms with Gasteiger partial charge in [0.15, 0.2) is 11.9 Å². The SMILES string of the molecule is c1ccc2c(c1)CC(c1nc3c(c(C4CC4)n1)CNC3)O2. The number of ether oxygens (including phenoxy) is 1. The summed E-state index contributed by atoms with van der Waals surface area (Å²) in [5.74, 6) is 2.51. The van der Waals surface area contributed by atoms with Gasteiger partial charge in [-0.2, -0.15) is 0 Å². The lowest BCUT2D eigenvalue weighted by atomic mass is 10.1. The van der Waals surface area contributed by atoms with Crippen molar-refractivity contribution in [3.8, 4) is 5.75 Å². The summed E-state index contributed by atoms with van der Waals surface area (Å²) in [6.45, 7) is 1.79. The molecule has 1 atom stereocenters. The number of aromatic nitrogens is 2.